The number of nitrogens with zero attached hydrogens (tertiary/aromatic N) is 2. The highest BCUT2D eigenvalue weighted by atomic mass is 16.2. The third-order valence-electron chi connectivity index (χ3n) is 3.78. The molecule has 1 amide bonds. The molecule has 0 aromatic heterocycles. The Labute approximate surface area is 97.8 Å². The van der Waals surface area contributed by atoms with E-state index in [9.17, 15) is 4.79 Å². The molecule has 0 saturated carbocycles. The van der Waals surface area contributed by atoms with Crippen molar-refractivity contribution in [1.82, 2.24) is 9.80 Å². The maximum atomic E-state index is 11.9. The van der Waals surface area contributed by atoms with Gasteiger partial charge in [0.25, 0.3) is 0 Å². The minimum atomic E-state index is 0.333. The zero-order chi connectivity index (χ0) is 11.4. The first-order valence-electron chi connectivity index (χ1n) is 6.53. The Morgan fingerprint density at radius 3 is 2.94 bits per heavy atom. The van der Waals surface area contributed by atoms with Crippen molar-refractivity contribution in [3.63, 3.8) is 0 Å². The normalized spacial score (nSPS) is 25.8. The van der Waals surface area contributed by atoms with Crippen molar-refractivity contribution in [3.8, 4) is 0 Å². The first-order chi connectivity index (χ1) is 7.81. The van der Waals surface area contributed by atoms with Gasteiger partial charge in [-0.3, -0.25) is 9.69 Å². The van der Waals surface area contributed by atoms with Crippen LogP contribution in [0.15, 0.2) is 0 Å². The highest BCUT2D eigenvalue weighted by molar-refractivity contribution is 5.76. The van der Waals surface area contributed by atoms with Gasteiger partial charge in [-0.1, -0.05) is 0 Å². The summed E-state index contributed by atoms with van der Waals surface area (Å²) in [4.78, 5) is 16.5. The fraction of sp³-hybridized carbons (Fsp3) is 0.917. The monoisotopic (exact) mass is 225 g/mol. The van der Waals surface area contributed by atoms with E-state index >= 15 is 0 Å². The standard InChI is InChI=1S/C12H23N3O/c13-6-2-1-5-12(16)15-9-8-14-7-3-4-11(14)10-15/h11H,1-10,13H2. The second-order valence-electron chi connectivity index (χ2n) is 4.92. The van der Waals surface area contributed by atoms with E-state index in [0.717, 1.165) is 32.5 Å². The number of carbonyl (C=O) groups excluding carboxylic acids is 1. The van der Waals surface area contributed by atoms with Crippen molar-refractivity contribution >= 4 is 5.91 Å². The molecule has 0 bridgehead atoms. The minimum Gasteiger partial charge on any atom is -0.340 e. The molecule has 2 saturated heterocycles. The van der Waals surface area contributed by atoms with Crippen LogP contribution in [0, 0.1) is 0 Å². The molecule has 1 atom stereocenters. The van der Waals surface area contributed by atoms with Crippen LogP contribution in [0.4, 0.5) is 0 Å². The molecule has 4 nitrogen and oxygen atoms in total. The molecule has 0 radical (unpaired) electrons. The molecular weight excluding hydrogens is 202 g/mol. The van der Waals surface area contributed by atoms with Crippen LogP contribution in [0.5, 0.6) is 0 Å². The summed E-state index contributed by atoms with van der Waals surface area (Å²) in [6, 6.07) is 0.646. The van der Waals surface area contributed by atoms with Crippen LogP contribution < -0.4 is 5.73 Å². The van der Waals surface area contributed by atoms with E-state index in [2.05, 4.69) is 9.80 Å². The van der Waals surface area contributed by atoms with Gasteiger partial charge in [0.15, 0.2) is 0 Å². The summed E-state index contributed by atoms with van der Waals surface area (Å²) < 4.78 is 0. The summed E-state index contributed by atoms with van der Waals surface area (Å²) in [5.41, 5.74) is 5.43. The lowest BCUT2D eigenvalue weighted by atomic mass is 10.1. The number of amides is 1. The first kappa shape index (κ1) is 11.9. The van der Waals surface area contributed by atoms with Gasteiger partial charge < -0.3 is 10.6 Å². The lowest BCUT2D eigenvalue weighted by Crippen LogP contribution is -2.52. The number of carbonyl (C=O) groups is 1. The smallest absolute Gasteiger partial charge is 0.222 e. The third kappa shape index (κ3) is 2.74. The van der Waals surface area contributed by atoms with E-state index in [1.807, 2.05) is 0 Å². The lowest BCUT2D eigenvalue weighted by molar-refractivity contribution is -0.133. The van der Waals surface area contributed by atoms with Crippen LogP contribution in [0.3, 0.4) is 0 Å². The summed E-state index contributed by atoms with van der Waals surface area (Å²) in [7, 11) is 0. The van der Waals surface area contributed by atoms with Gasteiger partial charge in [0.2, 0.25) is 5.91 Å². The van der Waals surface area contributed by atoms with Crippen molar-refractivity contribution in [2.24, 2.45) is 5.73 Å². The van der Waals surface area contributed by atoms with Gasteiger partial charge in [0.05, 0.1) is 0 Å². The molecule has 0 aromatic rings. The highest BCUT2D eigenvalue weighted by Crippen LogP contribution is 2.21. The Morgan fingerprint density at radius 1 is 1.25 bits per heavy atom. The molecule has 2 aliphatic heterocycles. The Morgan fingerprint density at radius 2 is 2.12 bits per heavy atom. The molecule has 0 aliphatic carbocycles. The van der Waals surface area contributed by atoms with Crippen LogP contribution >= 0.6 is 0 Å². The molecule has 0 spiro atoms. The molecule has 2 fully saturated rings. The predicted octanol–water partition coefficient (Wildman–Crippen LogP) is 0.422. The maximum Gasteiger partial charge on any atom is 0.222 e. The molecule has 92 valence electrons. The Kier molecular flexibility index (Phi) is 4.18. The van der Waals surface area contributed by atoms with Gasteiger partial charge in [-0.2, -0.15) is 0 Å². The number of hydrogen-bond donors (Lipinski definition) is 1. The zero-order valence-electron chi connectivity index (χ0n) is 10.0. The summed E-state index contributed by atoms with van der Waals surface area (Å²) in [5, 5.41) is 0. The van der Waals surface area contributed by atoms with Crippen molar-refractivity contribution in [3.05, 3.63) is 0 Å². The SMILES string of the molecule is NCCCCC(=O)N1CCN2CCCC2C1. The minimum absolute atomic E-state index is 0.333. The number of fused-ring (bicyclic) bond motifs is 1. The predicted molar refractivity (Wildman–Crippen MR) is 64.1 cm³/mol. The van der Waals surface area contributed by atoms with Crippen LogP contribution in [0.2, 0.25) is 0 Å². The molecule has 4 heteroatoms. The molecular formula is C12H23N3O. The molecule has 16 heavy (non-hydrogen) atoms. The van der Waals surface area contributed by atoms with E-state index in [1.54, 1.807) is 0 Å². The number of nitrogens with two attached hydrogens (primary N) is 1. The quantitative estimate of drug-likeness (QED) is 0.706. The van der Waals surface area contributed by atoms with Crippen LogP contribution in [-0.4, -0.2) is 54.5 Å². The molecule has 2 aliphatic rings. The summed E-state index contributed by atoms with van der Waals surface area (Å²) in [6.45, 7) is 4.90. The fourth-order valence-electron chi connectivity index (χ4n) is 2.80. The second-order valence-corrected chi connectivity index (χ2v) is 4.92. The number of piperazine rings is 1. The Hall–Kier alpha value is -0.610. The molecule has 2 rings (SSSR count). The second kappa shape index (κ2) is 5.64. The van der Waals surface area contributed by atoms with Crippen LogP contribution in [0.1, 0.15) is 32.1 Å². The Balaban J connectivity index is 1.75. The summed E-state index contributed by atoms with van der Waals surface area (Å²) in [6.07, 6.45) is 5.17. The van der Waals surface area contributed by atoms with Crippen LogP contribution in [-0.2, 0) is 4.79 Å². The summed E-state index contributed by atoms with van der Waals surface area (Å²) >= 11 is 0. The van der Waals surface area contributed by atoms with Gasteiger partial charge in [0.1, 0.15) is 0 Å². The van der Waals surface area contributed by atoms with Crippen molar-refractivity contribution < 1.29 is 4.79 Å². The average molecular weight is 225 g/mol. The van der Waals surface area contributed by atoms with Crippen molar-refractivity contribution in [2.45, 2.75) is 38.1 Å². The lowest BCUT2D eigenvalue weighted by Gasteiger charge is -2.37. The third-order valence-corrected chi connectivity index (χ3v) is 3.78. The average Bonchev–Trinajstić information content (AvgIpc) is 2.76. The van der Waals surface area contributed by atoms with E-state index in [0.29, 0.717) is 24.9 Å². The number of rotatable bonds is 4. The number of hydrogen-bond acceptors (Lipinski definition) is 3. The fourth-order valence-corrected chi connectivity index (χ4v) is 2.80. The zero-order valence-corrected chi connectivity index (χ0v) is 10.0. The molecule has 0 aromatic carbocycles. The van der Waals surface area contributed by atoms with Gasteiger partial charge >= 0.3 is 0 Å². The van der Waals surface area contributed by atoms with Crippen LogP contribution in [0.25, 0.3) is 0 Å². The van der Waals surface area contributed by atoms with Gasteiger partial charge in [-0.05, 0) is 38.8 Å². The van der Waals surface area contributed by atoms with Gasteiger partial charge in [-0.15, -0.1) is 0 Å². The highest BCUT2D eigenvalue weighted by Gasteiger charge is 2.31. The van der Waals surface area contributed by atoms with E-state index in [-0.39, 0.29) is 0 Å². The van der Waals surface area contributed by atoms with Gasteiger partial charge in [-0.25, -0.2) is 0 Å². The Bertz CT molecular complexity index is 244. The van der Waals surface area contributed by atoms with E-state index < -0.39 is 0 Å². The van der Waals surface area contributed by atoms with Crippen molar-refractivity contribution in [1.29, 1.82) is 0 Å². The molecule has 1 unspecified atom stereocenters. The molecule has 2 N–H and O–H groups in total. The maximum absolute atomic E-state index is 11.9. The van der Waals surface area contributed by atoms with Gasteiger partial charge in [0, 0.05) is 32.1 Å². The largest absolute Gasteiger partial charge is 0.340 e. The number of unbranched alkanes of at least 4 members (excludes halogenated alkanes) is 1. The summed E-state index contributed by atoms with van der Waals surface area (Å²) in [5.74, 6) is 0.333. The first-order valence-corrected chi connectivity index (χ1v) is 6.53. The van der Waals surface area contributed by atoms with Crippen molar-refractivity contribution in [2.75, 3.05) is 32.7 Å². The molecule has 2 heterocycles. The van der Waals surface area contributed by atoms with E-state index in [1.165, 1.54) is 19.4 Å². The topological polar surface area (TPSA) is 49.6 Å². The van der Waals surface area contributed by atoms with E-state index in [4.69, 9.17) is 5.73 Å².